The second-order valence-corrected chi connectivity index (χ2v) is 5.10. The number of benzene rings is 1. The molecule has 1 nitrogen and oxygen atoms in total. The van der Waals surface area contributed by atoms with Gasteiger partial charge in [-0.2, -0.15) is 0 Å². The standard InChI is InChI=1S/C14H19ClO/c1-10(2)5-4-6-14(16)13-9-12(15)8-7-11(13)3/h7-10H,4-6H2,1-3H3. The number of Topliss-reactive ketones (excluding diaryl/α,β-unsaturated/α-hetero) is 1. The van der Waals surface area contributed by atoms with Crippen LogP contribution in [-0.4, -0.2) is 5.78 Å². The predicted molar refractivity (Wildman–Crippen MR) is 69.2 cm³/mol. The van der Waals surface area contributed by atoms with Crippen molar-refractivity contribution >= 4 is 17.4 Å². The Morgan fingerprint density at radius 3 is 2.69 bits per heavy atom. The zero-order chi connectivity index (χ0) is 12.1. The summed E-state index contributed by atoms with van der Waals surface area (Å²) in [6, 6.07) is 5.49. The molecule has 0 heterocycles. The number of carbonyl (C=O) groups is 1. The number of carbonyl (C=O) groups excluding carboxylic acids is 1. The van der Waals surface area contributed by atoms with Gasteiger partial charge in [0.2, 0.25) is 0 Å². The fraction of sp³-hybridized carbons (Fsp3) is 0.500. The molecule has 0 N–H and O–H groups in total. The number of halogens is 1. The molecule has 0 unspecified atom stereocenters. The Morgan fingerprint density at radius 1 is 1.38 bits per heavy atom. The van der Waals surface area contributed by atoms with Crippen molar-refractivity contribution in [1.82, 2.24) is 0 Å². The molecule has 1 aromatic rings. The van der Waals surface area contributed by atoms with Crippen molar-refractivity contribution in [3.63, 3.8) is 0 Å². The Labute approximate surface area is 103 Å². The third-order valence-electron chi connectivity index (χ3n) is 2.69. The van der Waals surface area contributed by atoms with E-state index < -0.39 is 0 Å². The molecule has 2 heteroatoms. The molecule has 88 valence electrons. The summed E-state index contributed by atoms with van der Waals surface area (Å²) in [7, 11) is 0. The number of aryl methyl sites for hydroxylation is 1. The molecule has 0 spiro atoms. The maximum absolute atomic E-state index is 11.9. The maximum Gasteiger partial charge on any atom is 0.163 e. The molecule has 1 rings (SSSR count). The summed E-state index contributed by atoms with van der Waals surface area (Å²) in [5.74, 6) is 0.869. The Bertz CT molecular complexity index is 369. The highest BCUT2D eigenvalue weighted by Gasteiger charge is 2.09. The Kier molecular flexibility index (Phi) is 5.01. The van der Waals surface area contributed by atoms with Crippen molar-refractivity contribution in [2.75, 3.05) is 0 Å². The molecule has 16 heavy (non-hydrogen) atoms. The van der Waals surface area contributed by atoms with Crippen LogP contribution in [0.3, 0.4) is 0 Å². The molecular weight excluding hydrogens is 220 g/mol. The average Bonchev–Trinajstić information content (AvgIpc) is 2.21. The molecule has 0 bridgehead atoms. The quantitative estimate of drug-likeness (QED) is 0.682. The monoisotopic (exact) mass is 238 g/mol. The number of hydrogen-bond donors (Lipinski definition) is 0. The van der Waals surface area contributed by atoms with E-state index in [0.29, 0.717) is 17.4 Å². The van der Waals surface area contributed by atoms with Gasteiger partial charge in [0, 0.05) is 17.0 Å². The van der Waals surface area contributed by atoms with Gasteiger partial charge in [0.25, 0.3) is 0 Å². The molecule has 0 atom stereocenters. The van der Waals surface area contributed by atoms with Crippen LogP contribution in [0, 0.1) is 12.8 Å². The van der Waals surface area contributed by atoms with Gasteiger partial charge < -0.3 is 0 Å². The van der Waals surface area contributed by atoms with Crippen LogP contribution in [-0.2, 0) is 0 Å². The van der Waals surface area contributed by atoms with Crippen LogP contribution in [0.1, 0.15) is 49.0 Å². The molecule has 0 aliphatic carbocycles. The zero-order valence-corrected chi connectivity index (χ0v) is 11.0. The van der Waals surface area contributed by atoms with Crippen molar-refractivity contribution in [3.8, 4) is 0 Å². The van der Waals surface area contributed by atoms with Crippen LogP contribution < -0.4 is 0 Å². The topological polar surface area (TPSA) is 17.1 Å². The molecule has 0 fully saturated rings. The highest BCUT2D eigenvalue weighted by molar-refractivity contribution is 6.31. The van der Waals surface area contributed by atoms with Crippen molar-refractivity contribution < 1.29 is 4.79 Å². The van der Waals surface area contributed by atoms with Gasteiger partial charge >= 0.3 is 0 Å². The van der Waals surface area contributed by atoms with Gasteiger partial charge in [-0.15, -0.1) is 0 Å². The van der Waals surface area contributed by atoms with Crippen molar-refractivity contribution in [2.45, 2.75) is 40.0 Å². The summed E-state index contributed by atoms with van der Waals surface area (Å²) < 4.78 is 0. The van der Waals surface area contributed by atoms with Gasteiger partial charge in [0.1, 0.15) is 0 Å². The number of rotatable bonds is 5. The van der Waals surface area contributed by atoms with E-state index in [1.807, 2.05) is 19.1 Å². The molecule has 0 saturated carbocycles. The van der Waals surface area contributed by atoms with E-state index in [9.17, 15) is 4.79 Å². The fourth-order valence-corrected chi connectivity index (χ4v) is 1.87. The van der Waals surface area contributed by atoms with Gasteiger partial charge in [0.05, 0.1) is 0 Å². The Balaban J connectivity index is 2.62. The molecule has 0 amide bonds. The lowest BCUT2D eigenvalue weighted by Crippen LogP contribution is -2.02. The van der Waals surface area contributed by atoms with E-state index in [1.165, 1.54) is 0 Å². The predicted octanol–water partition coefficient (Wildman–Crippen LogP) is 4.66. The van der Waals surface area contributed by atoms with Gasteiger partial charge in [0.15, 0.2) is 5.78 Å². The van der Waals surface area contributed by atoms with Crippen LogP contribution in [0.5, 0.6) is 0 Å². The molecule has 0 aliphatic heterocycles. The van der Waals surface area contributed by atoms with E-state index in [0.717, 1.165) is 24.0 Å². The lowest BCUT2D eigenvalue weighted by atomic mass is 9.98. The number of hydrogen-bond acceptors (Lipinski definition) is 1. The van der Waals surface area contributed by atoms with Crippen molar-refractivity contribution in [2.24, 2.45) is 5.92 Å². The average molecular weight is 239 g/mol. The minimum atomic E-state index is 0.209. The minimum absolute atomic E-state index is 0.209. The van der Waals surface area contributed by atoms with Crippen molar-refractivity contribution in [3.05, 3.63) is 34.3 Å². The molecule has 0 aromatic heterocycles. The SMILES string of the molecule is Cc1ccc(Cl)cc1C(=O)CCCC(C)C. The lowest BCUT2D eigenvalue weighted by Gasteiger charge is -2.06. The third-order valence-corrected chi connectivity index (χ3v) is 2.92. The van der Waals surface area contributed by atoms with Gasteiger partial charge in [-0.05, 0) is 37.0 Å². The first-order valence-corrected chi connectivity index (χ1v) is 6.18. The van der Waals surface area contributed by atoms with E-state index in [-0.39, 0.29) is 5.78 Å². The summed E-state index contributed by atoms with van der Waals surface area (Å²) in [5.41, 5.74) is 1.79. The molecule has 1 aromatic carbocycles. The summed E-state index contributed by atoms with van der Waals surface area (Å²) in [6.07, 6.45) is 2.69. The zero-order valence-electron chi connectivity index (χ0n) is 10.2. The van der Waals surface area contributed by atoms with Crippen LogP contribution >= 0.6 is 11.6 Å². The van der Waals surface area contributed by atoms with E-state index in [4.69, 9.17) is 11.6 Å². The third kappa shape index (κ3) is 3.97. The highest BCUT2D eigenvalue weighted by atomic mass is 35.5. The molecule has 0 saturated heterocycles. The van der Waals surface area contributed by atoms with E-state index in [1.54, 1.807) is 6.07 Å². The first kappa shape index (κ1) is 13.2. The lowest BCUT2D eigenvalue weighted by molar-refractivity contribution is 0.0977. The molecule has 0 aliphatic rings. The van der Waals surface area contributed by atoms with Gasteiger partial charge in [-0.3, -0.25) is 4.79 Å². The van der Waals surface area contributed by atoms with E-state index >= 15 is 0 Å². The Morgan fingerprint density at radius 2 is 2.06 bits per heavy atom. The minimum Gasteiger partial charge on any atom is -0.294 e. The highest BCUT2D eigenvalue weighted by Crippen LogP contribution is 2.18. The van der Waals surface area contributed by atoms with Gasteiger partial charge in [-0.25, -0.2) is 0 Å². The van der Waals surface area contributed by atoms with Gasteiger partial charge in [-0.1, -0.05) is 37.9 Å². The summed E-state index contributed by atoms with van der Waals surface area (Å²) in [6.45, 7) is 6.30. The summed E-state index contributed by atoms with van der Waals surface area (Å²) in [5, 5.41) is 0.637. The summed E-state index contributed by atoms with van der Waals surface area (Å²) in [4.78, 5) is 11.9. The van der Waals surface area contributed by atoms with E-state index in [2.05, 4.69) is 13.8 Å². The number of ketones is 1. The van der Waals surface area contributed by atoms with Crippen LogP contribution in [0.4, 0.5) is 0 Å². The van der Waals surface area contributed by atoms with Crippen LogP contribution in [0.15, 0.2) is 18.2 Å². The first-order chi connectivity index (χ1) is 7.50. The normalized spacial score (nSPS) is 10.8. The van der Waals surface area contributed by atoms with Crippen molar-refractivity contribution in [1.29, 1.82) is 0 Å². The molecular formula is C14H19ClO. The summed E-state index contributed by atoms with van der Waals surface area (Å²) >= 11 is 5.89. The maximum atomic E-state index is 11.9. The largest absolute Gasteiger partial charge is 0.294 e. The van der Waals surface area contributed by atoms with Crippen LogP contribution in [0.2, 0.25) is 5.02 Å². The second-order valence-electron chi connectivity index (χ2n) is 4.67. The smallest absolute Gasteiger partial charge is 0.163 e. The molecule has 0 radical (unpaired) electrons. The first-order valence-electron chi connectivity index (χ1n) is 5.80. The van der Waals surface area contributed by atoms with Crippen LogP contribution in [0.25, 0.3) is 0 Å². The Hall–Kier alpha value is -0.820. The fourth-order valence-electron chi connectivity index (χ4n) is 1.70. The second kappa shape index (κ2) is 6.05.